The lowest BCUT2D eigenvalue weighted by atomic mass is 9.82. The van der Waals surface area contributed by atoms with Gasteiger partial charge in [-0.05, 0) is 55.3 Å². The third kappa shape index (κ3) is 3.14. The molecule has 1 aliphatic rings. The van der Waals surface area contributed by atoms with Gasteiger partial charge in [0, 0.05) is 25.8 Å². The van der Waals surface area contributed by atoms with Crippen molar-refractivity contribution in [1.82, 2.24) is 10.3 Å². The van der Waals surface area contributed by atoms with Crippen LogP contribution in [0.2, 0.25) is 0 Å². The van der Waals surface area contributed by atoms with E-state index in [2.05, 4.69) is 44.0 Å². The zero-order valence-corrected chi connectivity index (χ0v) is 13.5. The highest BCUT2D eigenvalue weighted by Crippen LogP contribution is 2.39. The van der Waals surface area contributed by atoms with Gasteiger partial charge in [0.1, 0.15) is 5.82 Å². The molecule has 0 amide bonds. The Balaban J connectivity index is 2.10. The molecule has 0 atom stereocenters. The summed E-state index contributed by atoms with van der Waals surface area (Å²) in [6.45, 7) is 13.2. The highest BCUT2D eigenvalue weighted by molar-refractivity contribution is 5.48. The van der Waals surface area contributed by atoms with Gasteiger partial charge in [-0.25, -0.2) is 4.98 Å². The fourth-order valence-corrected chi connectivity index (χ4v) is 3.27. The van der Waals surface area contributed by atoms with Crippen LogP contribution >= 0.6 is 0 Å². The van der Waals surface area contributed by atoms with E-state index in [0.29, 0.717) is 5.41 Å². The van der Waals surface area contributed by atoms with Crippen LogP contribution in [0.15, 0.2) is 12.3 Å². The molecule has 3 nitrogen and oxygen atoms in total. The van der Waals surface area contributed by atoms with Crippen molar-refractivity contribution >= 4 is 5.82 Å². The average molecular weight is 275 g/mol. The number of aromatic nitrogens is 1. The number of anilines is 1. The van der Waals surface area contributed by atoms with Gasteiger partial charge in [-0.2, -0.15) is 0 Å². The van der Waals surface area contributed by atoms with Crippen molar-refractivity contribution in [2.24, 2.45) is 5.41 Å². The minimum absolute atomic E-state index is 0.510. The molecule has 112 valence electrons. The molecule has 1 aromatic heterocycles. The summed E-state index contributed by atoms with van der Waals surface area (Å²) in [4.78, 5) is 7.22. The first-order chi connectivity index (χ1) is 9.64. The van der Waals surface area contributed by atoms with Crippen molar-refractivity contribution in [2.45, 2.75) is 53.5 Å². The van der Waals surface area contributed by atoms with Crippen LogP contribution in [0, 0.1) is 12.3 Å². The molecule has 0 unspecified atom stereocenters. The van der Waals surface area contributed by atoms with E-state index in [1.807, 2.05) is 6.20 Å². The fraction of sp³-hybridized carbons (Fsp3) is 0.706. The average Bonchev–Trinajstić information content (AvgIpc) is 2.90. The molecule has 0 spiro atoms. The monoisotopic (exact) mass is 275 g/mol. The Morgan fingerprint density at radius 1 is 1.30 bits per heavy atom. The summed E-state index contributed by atoms with van der Waals surface area (Å²) in [6, 6.07) is 2.28. The van der Waals surface area contributed by atoms with Crippen LogP contribution in [0.25, 0.3) is 0 Å². The van der Waals surface area contributed by atoms with Crippen molar-refractivity contribution in [3.63, 3.8) is 0 Å². The summed E-state index contributed by atoms with van der Waals surface area (Å²) in [5.41, 5.74) is 3.10. The lowest BCUT2D eigenvalue weighted by molar-refractivity contribution is 0.301. The first-order valence-electron chi connectivity index (χ1n) is 8.05. The highest BCUT2D eigenvalue weighted by atomic mass is 15.2. The van der Waals surface area contributed by atoms with Crippen molar-refractivity contribution in [3.05, 3.63) is 23.4 Å². The molecule has 1 N–H and O–H groups in total. The minimum atomic E-state index is 0.510. The molecule has 0 aliphatic carbocycles. The number of rotatable bonds is 6. The third-order valence-electron chi connectivity index (χ3n) is 4.92. The lowest BCUT2D eigenvalue weighted by Crippen LogP contribution is -2.27. The second-order valence-electron chi connectivity index (χ2n) is 6.14. The summed E-state index contributed by atoms with van der Waals surface area (Å²) in [6.07, 6.45) is 5.89. The summed E-state index contributed by atoms with van der Waals surface area (Å²) >= 11 is 0. The van der Waals surface area contributed by atoms with Crippen LogP contribution in [-0.2, 0) is 6.54 Å². The SMILES string of the molecule is CCNCc1cnc(N2CCC(CC)(CC)C2)c(C)c1. The molecule has 0 bridgehead atoms. The van der Waals surface area contributed by atoms with E-state index < -0.39 is 0 Å². The quantitative estimate of drug-likeness (QED) is 0.861. The van der Waals surface area contributed by atoms with Gasteiger partial charge in [0.05, 0.1) is 0 Å². The Hall–Kier alpha value is -1.09. The predicted octanol–water partition coefficient (Wildman–Crippen LogP) is 3.52. The first-order valence-corrected chi connectivity index (χ1v) is 8.05. The number of nitrogens with one attached hydrogen (secondary N) is 1. The zero-order valence-electron chi connectivity index (χ0n) is 13.5. The Labute approximate surface area is 123 Å². The summed E-state index contributed by atoms with van der Waals surface area (Å²) < 4.78 is 0. The van der Waals surface area contributed by atoms with Gasteiger partial charge in [0.2, 0.25) is 0 Å². The third-order valence-corrected chi connectivity index (χ3v) is 4.92. The maximum absolute atomic E-state index is 4.73. The summed E-state index contributed by atoms with van der Waals surface area (Å²) in [5, 5.41) is 3.36. The largest absolute Gasteiger partial charge is 0.356 e. The molecular formula is C17H29N3. The molecule has 1 aliphatic heterocycles. The topological polar surface area (TPSA) is 28.2 Å². The molecule has 20 heavy (non-hydrogen) atoms. The van der Waals surface area contributed by atoms with Crippen LogP contribution in [0.5, 0.6) is 0 Å². The smallest absolute Gasteiger partial charge is 0.131 e. The van der Waals surface area contributed by atoms with Gasteiger partial charge in [-0.3, -0.25) is 0 Å². The van der Waals surface area contributed by atoms with E-state index >= 15 is 0 Å². The Morgan fingerprint density at radius 2 is 2.05 bits per heavy atom. The predicted molar refractivity (Wildman–Crippen MR) is 86.2 cm³/mol. The number of hydrogen-bond donors (Lipinski definition) is 1. The van der Waals surface area contributed by atoms with E-state index in [1.54, 1.807) is 0 Å². The van der Waals surface area contributed by atoms with Crippen molar-refractivity contribution < 1.29 is 0 Å². The van der Waals surface area contributed by atoms with Crippen LogP contribution in [0.1, 0.15) is 51.2 Å². The Morgan fingerprint density at radius 3 is 2.60 bits per heavy atom. The molecule has 2 rings (SSSR count). The molecular weight excluding hydrogens is 246 g/mol. The van der Waals surface area contributed by atoms with Gasteiger partial charge in [0.25, 0.3) is 0 Å². The van der Waals surface area contributed by atoms with Gasteiger partial charge >= 0.3 is 0 Å². The van der Waals surface area contributed by atoms with Gasteiger partial charge < -0.3 is 10.2 Å². The first kappa shape index (κ1) is 15.3. The van der Waals surface area contributed by atoms with E-state index in [9.17, 15) is 0 Å². The van der Waals surface area contributed by atoms with Crippen molar-refractivity contribution in [3.8, 4) is 0 Å². The van der Waals surface area contributed by atoms with Crippen LogP contribution in [-0.4, -0.2) is 24.6 Å². The summed E-state index contributed by atoms with van der Waals surface area (Å²) in [5.74, 6) is 1.19. The Kier molecular flexibility index (Phi) is 5.03. The number of pyridine rings is 1. The van der Waals surface area contributed by atoms with Crippen LogP contribution in [0.3, 0.4) is 0 Å². The maximum Gasteiger partial charge on any atom is 0.131 e. The fourth-order valence-electron chi connectivity index (χ4n) is 3.27. The van der Waals surface area contributed by atoms with E-state index in [0.717, 1.165) is 19.6 Å². The molecule has 0 saturated carbocycles. The van der Waals surface area contributed by atoms with Gasteiger partial charge in [-0.1, -0.05) is 20.8 Å². The standard InChI is InChI=1S/C17H29N3/c1-5-17(6-2)8-9-20(13-17)16-14(4)10-15(12-19-16)11-18-7-3/h10,12,18H,5-9,11,13H2,1-4H3. The van der Waals surface area contributed by atoms with E-state index in [1.165, 1.54) is 42.8 Å². The van der Waals surface area contributed by atoms with Crippen molar-refractivity contribution in [2.75, 3.05) is 24.5 Å². The van der Waals surface area contributed by atoms with E-state index in [4.69, 9.17) is 4.98 Å². The minimum Gasteiger partial charge on any atom is -0.356 e. The van der Waals surface area contributed by atoms with Gasteiger partial charge in [0.15, 0.2) is 0 Å². The zero-order chi connectivity index (χ0) is 14.6. The van der Waals surface area contributed by atoms with Gasteiger partial charge in [-0.15, -0.1) is 0 Å². The molecule has 3 heteroatoms. The van der Waals surface area contributed by atoms with Crippen molar-refractivity contribution in [1.29, 1.82) is 0 Å². The molecule has 1 aromatic rings. The van der Waals surface area contributed by atoms with E-state index in [-0.39, 0.29) is 0 Å². The lowest BCUT2D eigenvalue weighted by Gasteiger charge is -2.27. The highest BCUT2D eigenvalue weighted by Gasteiger charge is 2.35. The maximum atomic E-state index is 4.73. The molecule has 1 saturated heterocycles. The summed E-state index contributed by atoms with van der Waals surface area (Å²) in [7, 11) is 0. The Bertz CT molecular complexity index is 438. The molecule has 0 radical (unpaired) electrons. The molecule has 0 aromatic carbocycles. The number of hydrogen-bond acceptors (Lipinski definition) is 3. The number of aryl methyl sites for hydroxylation is 1. The molecule has 1 fully saturated rings. The normalized spacial score (nSPS) is 17.7. The second kappa shape index (κ2) is 6.57. The molecule has 2 heterocycles. The van der Waals surface area contributed by atoms with Crippen LogP contribution in [0.4, 0.5) is 5.82 Å². The second-order valence-corrected chi connectivity index (χ2v) is 6.14. The number of nitrogens with zero attached hydrogens (tertiary/aromatic N) is 2. The van der Waals surface area contributed by atoms with Crippen LogP contribution < -0.4 is 10.2 Å².